The van der Waals surface area contributed by atoms with Gasteiger partial charge in [0.2, 0.25) is 5.71 Å². The second-order valence-electron chi connectivity index (χ2n) is 12.8. The Hall–Kier alpha value is -6.04. The van der Waals surface area contributed by atoms with E-state index in [1.807, 2.05) is 59.9 Å². The second-order valence-corrected chi connectivity index (χ2v) is 13.9. The molecule has 0 saturated carbocycles. The summed E-state index contributed by atoms with van der Waals surface area (Å²) in [5, 5.41) is 8.68. The van der Waals surface area contributed by atoms with E-state index in [1.54, 1.807) is 0 Å². The topological polar surface area (TPSA) is 43.9 Å². The van der Waals surface area contributed by atoms with Crippen LogP contribution in [0.15, 0.2) is 138 Å². The number of para-hydroxylation sites is 1. The van der Waals surface area contributed by atoms with Gasteiger partial charge in [-0.05, 0) is 59.5 Å². The lowest BCUT2D eigenvalue weighted by atomic mass is 9.95. The van der Waals surface area contributed by atoms with E-state index in [4.69, 9.17) is 14.4 Å². The first-order valence-corrected chi connectivity index (χ1v) is 17.5. The van der Waals surface area contributed by atoms with Gasteiger partial charge in [-0.2, -0.15) is 4.98 Å². The van der Waals surface area contributed by atoms with Crippen molar-refractivity contribution in [1.82, 2.24) is 14.5 Å². The van der Waals surface area contributed by atoms with Gasteiger partial charge in [0.25, 0.3) is 0 Å². The van der Waals surface area contributed by atoms with Crippen molar-refractivity contribution in [3.05, 3.63) is 145 Å². The molecule has 0 bridgehead atoms. The minimum absolute atomic E-state index is 0.601. The van der Waals surface area contributed by atoms with Gasteiger partial charge in [-0.3, -0.25) is 0 Å². The lowest BCUT2D eigenvalue weighted by molar-refractivity contribution is 0.653. The third kappa shape index (κ3) is 3.85. The van der Waals surface area contributed by atoms with Gasteiger partial charge in [-0.25, -0.2) is 4.98 Å². The van der Waals surface area contributed by atoms with Crippen molar-refractivity contribution in [1.29, 1.82) is 0 Å². The summed E-state index contributed by atoms with van der Waals surface area (Å²) in [6.07, 6.45) is 6.74. The zero-order valence-electron chi connectivity index (χ0n) is 26.4. The van der Waals surface area contributed by atoms with Crippen LogP contribution in [0.3, 0.4) is 0 Å². The third-order valence-electron chi connectivity index (χ3n) is 10.1. The molecule has 230 valence electrons. The smallest absolute Gasteiger partial charge is 0.231 e. The summed E-state index contributed by atoms with van der Waals surface area (Å²) in [5.74, 6) is 0.654. The Morgan fingerprint density at radius 1 is 0.612 bits per heavy atom. The quantitative estimate of drug-likeness (QED) is 0.192. The molecule has 0 atom stereocenters. The monoisotopic (exact) mass is 645 g/mol. The molecular formula is C44H27N3OS. The van der Waals surface area contributed by atoms with Crippen LogP contribution in [0.1, 0.15) is 17.7 Å². The fourth-order valence-corrected chi connectivity index (χ4v) is 9.24. The highest BCUT2D eigenvalue weighted by atomic mass is 32.1. The minimum atomic E-state index is 0.601. The second kappa shape index (κ2) is 10.2. The van der Waals surface area contributed by atoms with E-state index in [0.29, 0.717) is 11.5 Å². The van der Waals surface area contributed by atoms with E-state index in [0.717, 1.165) is 51.7 Å². The Morgan fingerprint density at radius 2 is 1.33 bits per heavy atom. The van der Waals surface area contributed by atoms with E-state index in [1.165, 1.54) is 53.1 Å². The molecule has 4 nitrogen and oxygen atoms in total. The number of hydrogen-bond donors (Lipinski definition) is 0. The lowest BCUT2D eigenvalue weighted by Crippen LogP contribution is -2.00. The first-order valence-electron chi connectivity index (χ1n) is 16.7. The molecule has 6 aromatic carbocycles. The number of fused-ring (bicyclic) bond motifs is 13. The molecule has 0 saturated heterocycles. The van der Waals surface area contributed by atoms with E-state index in [9.17, 15) is 0 Å². The Morgan fingerprint density at radius 3 is 2.16 bits per heavy atom. The Bertz CT molecular complexity index is 2980. The third-order valence-corrected chi connectivity index (χ3v) is 11.3. The molecule has 5 heteroatoms. The zero-order valence-corrected chi connectivity index (χ0v) is 27.2. The fraction of sp³-hybridized carbons (Fsp3) is 0.0455. The SMILES string of the molecule is C1=Cc2c(c3c4ccccc4c4c5ccccc5sc4c3n2-c2ccc(-c3nc(-c4ccccc4)nc4oc5ccccc5c34)cc2)CC1. The number of rotatable bonds is 3. The van der Waals surface area contributed by atoms with Crippen LogP contribution in [-0.4, -0.2) is 14.5 Å². The minimum Gasteiger partial charge on any atom is -0.438 e. The average molecular weight is 646 g/mol. The number of nitrogens with zero attached hydrogens (tertiary/aromatic N) is 3. The van der Waals surface area contributed by atoms with Gasteiger partial charge in [0.05, 0.1) is 21.3 Å². The van der Waals surface area contributed by atoms with E-state index in [-0.39, 0.29) is 0 Å². The van der Waals surface area contributed by atoms with E-state index >= 15 is 0 Å². The molecule has 0 unspecified atom stereocenters. The normalized spacial score (nSPS) is 13.1. The van der Waals surface area contributed by atoms with Gasteiger partial charge in [0.15, 0.2) is 5.82 Å². The van der Waals surface area contributed by atoms with Crippen LogP contribution in [-0.2, 0) is 6.42 Å². The van der Waals surface area contributed by atoms with Gasteiger partial charge >= 0.3 is 0 Å². The maximum absolute atomic E-state index is 6.31. The molecule has 0 aliphatic heterocycles. The molecule has 0 spiro atoms. The highest BCUT2D eigenvalue weighted by Crippen LogP contribution is 2.48. The summed E-state index contributed by atoms with van der Waals surface area (Å²) in [6.45, 7) is 0. The van der Waals surface area contributed by atoms with Crippen molar-refractivity contribution >= 4 is 81.3 Å². The number of benzene rings is 6. The summed E-state index contributed by atoms with van der Waals surface area (Å²) in [7, 11) is 0. The largest absolute Gasteiger partial charge is 0.438 e. The van der Waals surface area contributed by atoms with Crippen molar-refractivity contribution in [2.24, 2.45) is 0 Å². The van der Waals surface area contributed by atoms with Crippen LogP contribution in [0.5, 0.6) is 0 Å². The Kier molecular flexibility index (Phi) is 5.63. The van der Waals surface area contributed by atoms with Crippen molar-refractivity contribution in [2.45, 2.75) is 12.8 Å². The standard InChI is InChI=1S/C44H27N3OS/c1-2-12-27(13-3-1)43-45-40(39-32-17-7-10-20-35(32)48-44(39)46-43)26-22-24-28(25-23-26)47-34-19-9-6-16-31(34)37-29-14-4-5-15-30(29)38-33-18-8-11-21-36(33)49-42(38)41(37)47/h1-5,7-15,17-25H,6,16H2. The van der Waals surface area contributed by atoms with Gasteiger partial charge in [-0.1, -0.05) is 109 Å². The molecule has 49 heavy (non-hydrogen) atoms. The molecular weight excluding hydrogens is 619 g/mol. The van der Waals surface area contributed by atoms with Crippen molar-refractivity contribution in [3.63, 3.8) is 0 Å². The molecule has 10 aromatic rings. The molecule has 11 rings (SSSR count). The summed E-state index contributed by atoms with van der Waals surface area (Å²) in [4.78, 5) is 10.1. The fourth-order valence-electron chi connectivity index (χ4n) is 7.98. The first kappa shape index (κ1) is 27.0. The van der Waals surface area contributed by atoms with Gasteiger partial charge in [-0.15, -0.1) is 11.3 Å². The van der Waals surface area contributed by atoms with Crippen molar-refractivity contribution in [2.75, 3.05) is 0 Å². The predicted molar refractivity (Wildman–Crippen MR) is 205 cm³/mol. The van der Waals surface area contributed by atoms with Crippen molar-refractivity contribution in [3.8, 4) is 28.3 Å². The Labute approximate surface area is 285 Å². The van der Waals surface area contributed by atoms with Gasteiger partial charge in [0, 0.05) is 48.8 Å². The average Bonchev–Trinajstić information content (AvgIpc) is 3.85. The molecule has 1 aliphatic carbocycles. The van der Waals surface area contributed by atoms with Crippen LogP contribution in [0.2, 0.25) is 0 Å². The number of hydrogen-bond acceptors (Lipinski definition) is 4. The van der Waals surface area contributed by atoms with Gasteiger partial charge < -0.3 is 8.98 Å². The highest BCUT2D eigenvalue weighted by Gasteiger charge is 2.25. The number of allylic oxidation sites excluding steroid dienone is 1. The van der Waals surface area contributed by atoms with E-state index < -0.39 is 0 Å². The molecule has 4 heterocycles. The zero-order chi connectivity index (χ0) is 32.1. The van der Waals surface area contributed by atoms with Crippen LogP contribution >= 0.6 is 11.3 Å². The molecule has 1 aliphatic rings. The maximum atomic E-state index is 6.31. The predicted octanol–water partition coefficient (Wildman–Crippen LogP) is 12.1. The summed E-state index contributed by atoms with van der Waals surface area (Å²) in [6, 6.07) is 45.0. The Balaban J connectivity index is 1.19. The van der Waals surface area contributed by atoms with Gasteiger partial charge in [0.1, 0.15) is 5.58 Å². The molecule has 4 aromatic heterocycles. The number of aryl methyl sites for hydroxylation is 1. The molecule has 0 fully saturated rings. The van der Waals surface area contributed by atoms with E-state index in [2.05, 4.69) is 95.6 Å². The number of thiophene rings is 1. The summed E-state index contributed by atoms with van der Waals surface area (Å²) < 4.78 is 11.5. The van der Waals surface area contributed by atoms with Crippen LogP contribution < -0.4 is 0 Å². The highest BCUT2D eigenvalue weighted by molar-refractivity contribution is 7.27. The summed E-state index contributed by atoms with van der Waals surface area (Å²) in [5.41, 5.74) is 9.43. The maximum Gasteiger partial charge on any atom is 0.231 e. The van der Waals surface area contributed by atoms with Crippen molar-refractivity contribution < 1.29 is 4.42 Å². The molecule has 0 amide bonds. The molecule has 0 N–H and O–H groups in total. The van der Waals surface area contributed by atoms with Crippen LogP contribution in [0.25, 0.3) is 98.3 Å². The summed E-state index contributed by atoms with van der Waals surface area (Å²) >= 11 is 1.91. The number of aromatic nitrogens is 3. The lowest BCUT2D eigenvalue weighted by Gasteiger charge is -2.13. The van der Waals surface area contributed by atoms with Crippen LogP contribution in [0, 0.1) is 0 Å². The first-order chi connectivity index (χ1) is 24.3. The number of furan rings is 1. The molecule has 0 radical (unpaired) electrons. The van der Waals surface area contributed by atoms with Crippen LogP contribution in [0.4, 0.5) is 0 Å².